The number of hydrogen-bond acceptors (Lipinski definition) is 3. The van der Waals surface area contributed by atoms with Crippen LogP contribution in [0.15, 0.2) is 0 Å². The predicted octanol–water partition coefficient (Wildman–Crippen LogP) is 0.636. The maximum atomic E-state index is 12.0. The van der Waals surface area contributed by atoms with Crippen molar-refractivity contribution in [3.8, 4) is 0 Å². The Hall–Kier alpha value is -1.31. The Bertz CT molecular complexity index is 281. The van der Waals surface area contributed by atoms with E-state index >= 15 is 0 Å². The first-order valence-corrected chi connectivity index (χ1v) is 4.96. The molecule has 0 heterocycles. The third kappa shape index (κ3) is 8.49. The largest absolute Gasteiger partial charge is 0.481 e. The van der Waals surface area contributed by atoms with Crippen LogP contribution in [0, 0.1) is 0 Å². The highest BCUT2D eigenvalue weighted by atomic mass is 19.4. The summed E-state index contributed by atoms with van der Waals surface area (Å²) in [6.45, 7) is 1.20. The molecule has 0 aliphatic rings. The molecule has 0 bridgehead atoms. The van der Waals surface area contributed by atoms with Gasteiger partial charge in [0, 0.05) is 12.5 Å². The lowest BCUT2D eigenvalue weighted by Crippen LogP contribution is -2.45. The molecule has 0 radical (unpaired) electrons. The number of aliphatic carboxylic acids is 1. The Kier molecular flexibility index (Phi) is 5.94. The molecule has 0 saturated heterocycles. The van der Waals surface area contributed by atoms with Crippen molar-refractivity contribution in [2.45, 2.75) is 44.4 Å². The maximum absolute atomic E-state index is 12.0. The van der Waals surface area contributed by atoms with Crippen LogP contribution in [0.3, 0.4) is 0 Å². The molecule has 0 fully saturated rings. The number of carboxylic acids is 1. The molecule has 100 valence electrons. The average molecular weight is 256 g/mol. The summed E-state index contributed by atoms with van der Waals surface area (Å²) in [7, 11) is 0. The van der Waals surface area contributed by atoms with E-state index in [1.165, 1.54) is 6.92 Å². The minimum absolute atomic E-state index is 0.111. The Morgan fingerprint density at radius 2 is 1.94 bits per heavy atom. The van der Waals surface area contributed by atoms with Gasteiger partial charge in [0.05, 0.1) is 12.5 Å². The topological polar surface area (TPSA) is 92.4 Å². The molecule has 0 aromatic heterocycles. The van der Waals surface area contributed by atoms with Crippen LogP contribution < -0.4 is 11.1 Å². The third-order valence-electron chi connectivity index (χ3n) is 1.93. The molecule has 0 aliphatic carbocycles. The zero-order valence-corrected chi connectivity index (χ0v) is 9.25. The highest BCUT2D eigenvalue weighted by molar-refractivity contribution is 5.82. The summed E-state index contributed by atoms with van der Waals surface area (Å²) in [6, 6.07) is -2.19. The van der Waals surface area contributed by atoms with Crippen molar-refractivity contribution in [2.24, 2.45) is 5.73 Å². The molecule has 2 atom stereocenters. The molecule has 0 rings (SSSR count). The van der Waals surface area contributed by atoms with Crippen molar-refractivity contribution < 1.29 is 27.9 Å². The lowest BCUT2D eigenvalue weighted by molar-refractivity contribution is -0.141. The predicted molar refractivity (Wildman–Crippen MR) is 53.1 cm³/mol. The lowest BCUT2D eigenvalue weighted by atomic mass is 10.1. The molecule has 17 heavy (non-hydrogen) atoms. The summed E-state index contributed by atoms with van der Waals surface area (Å²) in [5, 5.41) is 10.4. The number of nitrogens with two attached hydrogens (primary N) is 1. The van der Waals surface area contributed by atoms with Gasteiger partial charge in [-0.25, -0.2) is 0 Å². The molecule has 1 amide bonds. The summed E-state index contributed by atoms with van der Waals surface area (Å²) in [5.74, 6) is -1.89. The normalized spacial score (nSPS) is 15.1. The van der Waals surface area contributed by atoms with Crippen LogP contribution in [0.25, 0.3) is 0 Å². The van der Waals surface area contributed by atoms with E-state index in [4.69, 9.17) is 10.8 Å². The van der Waals surface area contributed by atoms with E-state index < -0.39 is 36.6 Å². The van der Waals surface area contributed by atoms with Gasteiger partial charge in [-0.3, -0.25) is 9.59 Å². The molecule has 8 heteroatoms. The number of carboxylic acid groups (broad SMARTS) is 1. The van der Waals surface area contributed by atoms with Crippen molar-refractivity contribution >= 4 is 11.9 Å². The fraction of sp³-hybridized carbons (Fsp3) is 0.778. The molecule has 0 saturated carbocycles. The van der Waals surface area contributed by atoms with Crippen molar-refractivity contribution in [2.75, 3.05) is 0 Å². The lowest BCUT2D eigenvalue weighted by Gasteiger charge is -2.18. The van der Waals surface area contributed by atoms with Crippen molar-refractivity contribution in [3.05, 3.63) is 0 Å². The minimum atomic E-state index is -4.36. The summed E-state index contributed by atoms with van der Waals surface area (Å²) < 4.78 is 35.9. The molecule has 2 unspecified atom stereocenters. The van der Waals surface area contributed by atoms with Crippen LogP contribution in [0.2, 0.25) is 0 Å². The Morgan fingerprint density at radius 3 is 2.35 bits per heavy atom. The highest BCUT2D eigenvalue weighted by Gasteiger charge is 2.31. The fourth-order valence-corrected chi connectivity index (χ4v) is 1.16. The van der Waals surface area contributed by atoms with Crippen LogP contribution in [-0.2, 0) is 9.59 Å². The molecular formula is C9H15F3N2O3. The van der Waals surface area contributed by atoms with Gasteiger partial charge in [0.25, 0.3) is 0 Å². The van der Waals surface area contributed by atoms with Gasteiger partial charge in [-0.1, -0.05) is 0 Å². The molecule has 0 aromatic carbocycles. The van der Waals surface area contributed by atoms with E-state index in [0.717, 1.165) is 0 Å². The van der Waals surface area contributed by atoms with Crippen molar-refractivity contribution in [1.82, 2.24) is 5.32 Å². The van der Waals surface area contributed by atoms with Crippen molar-refractivity contribution in [3.63, 3.8) is 0 Å². The molecule has 5 nitrogen and oxygen atoms in total. The molecular weight excluding hydrogens is 241 g/mol. The number of nitrogens with one attached hydrogen (secondary N) is 1. The van der Waals surface area contributed by atoms with E-state index in [1.54, 1.807) is 0 Å². The number of carbonyl (C=O) groups excluding carboxylic acids is 1. The summed E-state index contributed by atoms with van der Waals surface area (Å²) >= 11 is 0. The second-order valence-electron chi connectivity index (χ2n) is 3.77. The third-order valence-corrected chi connectivity index (χ3v) is 1.93. The van der Waals surface area contributed by atoms with Crippen LogP contribution in [-0.4, -0.2) is 35.2 Å². The van der Waals surface area contributed by atoms with Gasteiger partial charge < -0.3 is 16.2 Å². The van der Waals surface area contributed by atoms with Crippen LogP contribution >= 0.6 is 0 Å². The standard InChI is InChI=1S/C9H15F3N2O3/c1-5(4-9(10,11)12)14-8(17)6(13)2-3-7(15)16/h5-6H,2-4,13H2,1H3,(H,14,17)(H,15,16). The van der Waals surface area contributed by atoms with E-state index in [-0.39, 0.29) is 12.8 Å². The second kappa shape index (κ2) is 6.43. The first-order valence-electron chi connectivity index (χ1n) is 4.96. The second-order valence-corrected chi connectivity index (χ2v) is 3.77. The SMILES string of the molecule is CC(CC(F)(F)F)NC(=O)C(N)CCC(=O)O. The van der Waals surface area contributed by atoms with E-state index in [1.807, 2.05) is 0 Å². The van der Waals surface area contributed by atoms with E-state index in [2.05, 4.69) is 5.32 Å². The van der Waals surface area contributed by atoms with Crippen LogP contribution in [0.4, 0.5) is 13.2 Å². The number of halogens is 3. The minimum Gasteiger partial charge on any atom is -0.481 e. The summed E-state index contributed by atoms with van der Waals surface area (Å²) in [4.78, 5) is 21.5. The quantitative estimate of drug-likeness (QED) is 0.650. The number of rotatable bonds is 6. The van der Waals surface area contributed by atoms with Gasteiger partial charge in [-0.15, -0.1) is 0 Å². The summed E-state index contributed by atoms with van der Waals surface area (Å²) in [6.07, 6.45) is -5.93. The first kappa shape index (κ1) is 15.7. The monoisotopic (exact) mass is 256 g/mol. The average Bonchev–Trinajstić information content (AvgIpc) is 2.10. The van der Waals surface area contributed by atoms with Gasteiger partial charge in [0.15, 0.2) is 0 Å². The number of carbonyl (C=O) groups is 2. The Morgan fingerprint density at radius 1 is 1.41 bits per heavy atom. The smallest absolute Gasteiger partial charge is 0.391 e. The van der Waals surface area contributed by atoms with Crippen molar-refractivity contribution in [1.29, 1.82) is 0 Å². The van der Waals surface area contributed by atoms with E-state index in [9.17, 15) is 22.8 Å². The Labute approximate surface area is 96.2 Å². The number of amides is 1. The highest BCUT2D eigenvalue weighted by Crippen LogP contribution is 2.21. The van der Waals surface area contributed by atoms with Gasteiger partial charge in [0.1, 0.15) is 0 Å². The number of hydrogen-bond donors (Lipinski definition) is 3. The fourth-order valence-electron chi connectivity index (χ4n) is 1.16. The first-order chi connectivity index (χ1) is 7.61. The van der Waals surface area contributed by atoms with Gasteiger partial charge in [0.2, 0.25) is 5.91 Å². The molecule has 0 aromatic rings. The Balaban J connectivity index is 4.03. The van der Waals surface area contributed by atoms with Gasteiger partial charge >= 0.3 is 12.1 Å². The molecule has 0 aliphatic heterocycles. The zero-order valence-electron chi connectivity index (χ0n) is 9.25. The maximum Gasteiger partial charge on any atom is 0.391 e. The summed E-state index contributed by atoms with van der Waals surface area (Å²) in [5.41, 5.74) is 5.32. The van der Waals surface area contributed by atoms with E-state index in [0.29, 0.717) is 0 Å². The van der Waals surface area contributed by atoms with Gasteiger partial charge in [-0.05, 0) is 13.3 Å². The van der Waals surface area contributed by atoms with Crippen LogP contribution in [0.1, 0.15) is 26.2 Å². The molecule has 4 N–H and O–H groups in total. The molecule has 0 spiro atoms. The van der Waals surface area contributed by atoms with Gasteiger partial charge in [-0.2, -0.15) is 13.2 Å². The zero-order chi connectivity index (χ0) is 13.6. The number of alkyl halides is 3. The van der Waals surface area contributed by atoms with Crippen LogP contribution in [0.5, 0.6) is 0 Å².